The molecule has 8 nitrogen and oxygen atoms in total. The molecule has 0 saturated carbocycles. The van der Waals surface area contributed by atoms with Gasteiger partial charge in [0.1, 0.15) is 17.4 Å². The molecule has 1 aromatic heterocycles. The van der Waals surface area contributed by atoms with Gasteiger partial charge in [-0.25, -0.2) is 9.97 Å². The molecule has 0 spiro atoms. The summed E-state index contributed by atoms with van der Waals surface area (Å²) in [7, 11) is 3.50. The molecule has 2 aromatic rings. The van der Waals surface area contributed by atoms with Crippen molar-refractivity contribution < 1.29 is 14.3 Å². The van der Waals surface area contributed by atoms with Gasteiger partial charge in [-0.3, -0.25) is 9.59 Å². The first kappa shape index (κ1) is 22.0. The second kappa shape index (κ2) is 9.54. The number of aromatic nitrogens is 2. The van der Waals surface area contributed by atoms with Crippen molar-refractivity contribution in [3.05, 3.63) is 46.9 Å². The number of fused-ring (bicyclic) bond motifs is 1. The highest BCUT2D eigenvalue weighted by molar-refractivity contribution is 5.77. The molecule has 8 heteroatoms. The van der Waals surface area contributed by atoms with Crippen molar-refractivity contribution in [1.82, 2.24) is 19.8 Å². The van der Waals surface area contributed by atoms with Crippen molar-refractivity contribution in [3.8, 4) is 5.75 Å². The Balaban J connectivity index is 1.42. The molecular weight excluding hydrogens is 406 g/mol. The van der Waals surface area contributed by atoms with Crippen LogP contribution in [0, 0.1) is 0 Å². The molecule has 1 N–H and O–H groups in total. The number of nitrogens with zero attached hydrogens (tertiary/aromatic N) is 4. The average molecular weight is 438 g/mol. The molecule has 2 aliphatic heterocycles. The smallest absolute Gasteiger partial charge is 0.223 e. The highest BCUT2D eigenvalue weighted by Gasteiger charge is 2.31. The Hall–Kier alpha value is -3.16. The van der Waals surface area contributed by atoms with E-state index in [9.17, 15) is 9.59 Å². The van der Waals surface area contributed by atoms with Gasteiger partial charge >= 0.3 is 0 Å². The Labute approximate surface area is 189 Å². The number of hydrogen-bond acceptors (Lipinski definition) is 6. The second-order valence-electron chi connectivity index (χ2n) is 8.47. The molecular formula is C24H31N5O3. The SMILES string of the molecule is CNc1nc(C2CCN(C(C)=O)C2)nc2c1CN(C(=O)CCc1ccc(OC)cc1)CC2. The number of hydrogen-bond donors (Lipinski definition) is 1. The minimum Gasteiger partial charge on any atom is -0.497 e. The number of amides is 2. The van der Waals surface area contributed by atoms with Gasteiger partial charge < -0.3 is 19.9 Å². The van der Waals surface area contributed by atoms with Crippen molar-refractivity contribution in [2.75, 3.05) is 39.1 Å². The van der Waals surface area contributed by atoms with E-state index in [1.165, 1.54) is 0 Å². The lowest BCUT2D eigenvalue weighted by Crippen LogP contribution is -2.37. The molecule has 0 aliphatic carbocycles. The first-order valence-electron chi connectivity index (χ1n) is 11.2. The minimum absolute atomic E-state index is 0.100. The first-order chi connectivity index (χ1) is 15.5. The molecule has 1 aromatic carbocycles. The Kier molecular flexibility index (Phi) is 6.58. The van der Waals surface area contributed by atoms with Crippen LogP contribution in [0.1, 0.15) is 48.3 Å². The van der Waals surface area contributed by atoms with Gasteiger partial charge in [0, 0.05) is 57.9 Å². The van der Waals surface area contributed by atoms with E-state index in [1.807, 2.05) is 41.1 Å². The van der Waals surface area contributed by atoms with Crippen LogP contribution in [0.2, 0.25) is 0 Å². The van der Waals surface area contributed by atoms with Gasteiger partial charge in [-0.05, 0) is 30.5 Å². The van der Waals surface area contributed by atoms with Crippen molar-refractivity contribution in [1.29, 1.82) is 0 Å². The highest BCUT2D eigenvalue weighted by Crippen LogP contribution is 2.30. The Bertz CT molecular complexity index is 975. The molecule has 2 aliphatic rings. The molecule has 3 heterocycles. The van der Waals surface area contributed by atoms with E-state index in [0.29, 0.717) is 32.5 Å². The van der Waals surface area contributed by atoms with Crippen LogP contribution in [0.3, 0.4) is 0 Å². The van der Waals surface area contributed by atoms with Gasteiger partial charge in [0.25, 0.3) is 0 Å². The Morgan fingerprint density at radius 3 is 2.59 bits per heavy atom. The number of nitrogens with one attached hydrogen (secondary N) is 1. The number of benzene rings is 1. The number of rotatable bonds is 6. The number of likely N-dealkylation sites (tertiary alicyclic amines) is 1. The average Bonchev–Trinajstić information content (AvgIpc) is 3.32. The Morgan fingerprint density at radius 1 is 1.16 bits per heavy atom. The van der Waals surface area contributed by atoms with E-state index in [1.54, 1.807) is 14.0 Å². The quantitative estimate of drug-likeness (QED) is 0.747. The number of methoxy groups -OCH3 is 1. The topological polar surface area (TPSA) is 87.7 Å². The van der Waals surface area contributed by atoms with Crippen molar-refractivity contribution in [3.63, 3.8) is 0 Å². The van der Waals surface area contributed by atoms with E-state index in [-0.39, 0.29) is 17.7 Å². The molecule has 1 unspecified atom stereocenters. The fraction of sp³-hybridized carbons (Fsp3) is 0.500. The lowest BCUT2D eigenvalue weighted by molar-refractivity contribution is -0.132. The van der Waals surface area contributed by atoms with E-state index in [2.05, 4.69) is 5.32 Å². The van der Waals surface area contributed by atoms with Crippen LogP contribution in [0.25, 0.3) is 0 Å². The zero-order valence-corrected chi connectivity index (χ0v) is 19.1. The molecule has 0 bridgehead atoms. The van der Waals surface area contributed by atoms with Crippen LogP contribution < -0.4 is 10.1 Å². The summed E-state index contributed by atoms with van der Waals surface area (Å²) < 4.78 is 5.19. The van der Waals surface area contributed by atoms with E-state index in [4.69, 9.17) is 14.7 Å². The van der Waals surface area contributed by atoms with Crippen LogP contribution in [0.4, 0.5) is 5.82 Å². The van der Waals surface area contributed by atoms with Crippen LogP contribution >= 0.6 is 0 Å². The molecule has 1 saturated heterocycles. The molecule has 170 valence electrons. The van der Waals surface area contributed by atoms with Crippen molar-refractivity contribution >= 4 is 17.6 Å². The third-order valence-corrected chi connectivity index (χ3v) is 6.45. The van der Waals surface area contributed by atoms with Crippen LogP contribution in [0.5, 0.6) is 5.75 Å². The van der Waals surface area contributed by atoms with Gasteiger partial charge in [0.15, 0.2) is 0 Å². The maximum atomic E-state index is 12.9. The van der Waals surface area contributed by atoms with E-state index < -0.39 is 0 Å². The summed E-state index contributed by atoms with van der Waals surface area (Å²) in [5.74, 6) is 2.82. The predicted molar refractivity (Wildman–Crippen MR) is 122 cm³/mol. The summed E-state index contributed by atoms with van der Waals surface area (Å²) in [5.41, 5.74) is 3.14. The summed E-state index contributed by atoms with van der Waals surface area (Å²) in [6.07, 6.45) is 2.78. The van der Waals surface area contributed by atoms with Crippen LogP contribution in [-0.2, 0) is 29.0 Å². The lowest BCUT2D eigenvalue weighted by atomic mass is 10.0. The Morgan fingerprint density at radius 2 is 1.94 bits per heavy atom. The molecule has 1 atom stereocenters. The normalized spacial score (nSPS) is 17.8. The third-order valence-electron chi connectivity index (χ3n) is 6.45. The fourth-order valence-electron chi connectivity index (χ4n) is 4.49. The monoisotopic (exact) mass is 437 g/mol. The summed E-state index contributed by atoms with van der Waals surface area (Å²) in [4.78, 5) is 38.0. The summed E-state index contributed by atoms with van der Waals surface area (Å²) in [6.45, 7) is 4.23. The summed E-state index contributed by atoms with van der Waals surface area (Å²) >= 11 is 0. The van der Waals surface area contributed by atoms with Crippen molar-refractivity contribution in [2.24, 2.45) is 0 Å². The zero-order valence-electron chi connectivity index (χ0n) is 19.1. The zero-order chi connectivity index (χ0) is 22.7. The van der Waals surface area contributed by atoms with Gasteiger partial charge in [0.2, 0.25) is 11.8 Å². The molecule has 0 radical (unpaired) electrons. The molecule has 2 amide bonds. The first-order valence-corrected chi connectivity index (χ1v) is 11.2. The second-order valence-corrected chi connectivity index (χ2v) is 8.47. The number of ether oxygens (including phenoxy) is 1. The summed E-state index contributed by atoms with van der Waals surface area (Å²) in [6, 6.07) is 7.85. The van der Waals surface area contributed by atoms with Crippen LogP contribution in [0.15, 0.2) is 24.3 Å². The number of aryl methyl sites for hydroxylation is 1. The molecule has 4 rings (SSSR count). The number of carbonyl (C=O) groups excluding carboxylic acids is 2. The largest absolute Gasteiger partial charge is 0.497 e. The highest BCUT2D eigenvalue weighted by atomic mass is 16.5. The predicted octanol–water partition coefficient (Wildman–Crippen LogP) is 2.38. The minimum atomic E-state index is 0.100. The van der Waals surface area contributed by atoms with Crippen molar-refractivity contribution in [2.45, 2.75) is 45.1 Å². The van der Waals surface area contributed by atoms with Gasteiger partial charge in [0.05, 0.1) is 19.3 Å². The fourth-order valence-corrected chi connectivity index (χ4v) is 4.49. The van der Waals surface area contributed by atoms with Gasteiger partial charge in [-0.2, -0.15) is 0 Å². The van der Waals surface area contributed by atoms with Crippen LogP contribution in [-0.4, -0.2) is 65.4 Å². The number of anilines is 1. The third kappa shape index (κ3) is 4.69. The molecule has 1 fully saturated rings. The maximum absolute atomic E-state index is 12.9. The van der Waals surface area contributed by atoms with Gasteiger partial charge in [-0.1, -0.05) is 12.1 Å². The maximum Gasteiger partial charge on any atom is 0.223 e. The van der Waals surface area contributed by atoms with E-state index in [0.717, 1.165) is 53.6 Å². The standard InChI is InChI=1S/C24H31N5O3/c1-16(30)28-12-10-18(14-28)23-26-21-11-13-29(15-20(21)24(25-2)27-23)22(31)9-6-17-4-7-19(32-3)8-5-17/h4-5,7-8,18H,6,9-15H2,1-3H3,(H,25,26,27). The lowest BCUT2D eigenvalue weighted by Gasteiger charge is -2.30. The molecule has 32 heavy (non-hydrogen) atoms. The number of carbonyl (C=O) groups is 2. The summed E-state index contributed by atoms with van der Waals surface area (Å²) in [5, 5.41) is 3.20. The van der Waals surface area contributed by atoms with E-state index >= 15 is 0 Å². The van der Waals surface area contributed by atoms with Gasteiger partial charge in [-0.15, -0.1) is 0 Å².